The Bertz CT molecular complexity index is 662. The fourth-order valence-corrected chi connectivity index (χ4v) is 3.11. The van der Waals surface area contributed by atoms with Crippen LogP contribution in [-0.2, 0) is 29.7 Å². The van der Waals surface area contributed by atoms with Crippen molar-refractivity contribution in [3.05, 3.63) is 30.4 Å². The van der Waals surface area contributed by atoms with Gasteiger partial charge in [0.2, 0.25) is 10.0 Å². The number of nitrogens with zero attached hydrogens (tertiary/aromatic N) is 4. The molecule has 3 N–H and O–H groups in total. The summed E-state index contributed by atoms with van der Waals surface area (Å²) in [4.78, 5) is 0.245. The van der Waals surface area contributed by atoms with Gasteiger partial charge in [-0.15, -0.1) is 5.10 Å². The van der Waals surface area contributed by atoms with Crippen molar-refractivity contribution in [2.75, 3.05) is 6.54 Å². The van der Waals surface area contributed by atoms with Crippen LogP contribution in [0.5, 0.6) is 0 Å². The number of hydrogen-bond acceptors (Lipinski definition) is 5. The third-order valence-electron chi connectivity index (χ3n) is 3.05. The lowest BCUT2D eigenvalue weighted by atomic mass is 10.4. The van der Waals surface area contributed by atoms with Crippen LogP contribution in [-0.4, -0.2) is 34.5 Å². The van der Waals surface area contributed by atoms with E-state index in [4.69, 9.17) is 5.73 Å². The minimum atomic E-state index is -3.53. The van der Waals surface area contributed by atoms with E-state index >= 15 is 0 Å². The highest BCUT2D eigenvalue weighted by Crippen LogP contribution is 2.14. The highest BCUT2D eigenvalue weighted by atomic mass is 32.2. The van der Waals surface area contributed by atoms with Crippen molar-refractivity contribution in [2.24, 2.45) is 5.73 Å². The van der Waals surface area contributed by atoms with Gasteiger partial charge in [0, 0.05) is 37.7 Å². The first kappa shape index (κ1) is 15.7. The molecule has 9 heteroatoms. The summed E-state index contributed by atoms with van der Waals surface area (Å²) in [6.45, 7) is 3.78. The molecule has 0 bridgehead atoms. The largest absolute Gasteiger partial charge is 0.349 e. The summed E-state index contributed by atoms with van der Waals surface area (Å²) in [6.07, 6.45) is 5.77. The number of aromatic nitrogens is 4. The number of nitrogens with one attached hydrogen (secondary N) is 1. The molecule has 0 amide bonds. The molecule has 0 aliphatic heterocycles. The fraction of sp³-hybridized carbons (Fsp3) is 0.500. The Balaban J connectivity index is 2.04. The van der Waals surface area contributed by atoms with Crippen molar-refractivity contribution in [2.45, 2.75) is 37.9 Å². The first-order valence-corrected chi connectivity index (χ1v) is 8.28. The van der Waals surface area contributed by atoms with Crippen LogP contribution >= 0.6 is 0 Å². The zero-order valence-electron chi connectivity index (χ0n) is 11.9. The minimum Gasteiger partial charge on any atom is -0.349 e. The van der Waals surface area contributed by atoms with Crippen LogP contribution in [0.3, 0.4) is 0 Å². The predicted octanol–water partition coefficient (Wildman–Crippen LogP) is -0.0732. The molecule has 0 aliphatic rings. The van der Waals surface area contributed by atoms with E-state index in [0.29, 0.717) is 13.1 Å². The minimum absolute atomic E-state index is 0.245. The Labute approximate surface area is 124 Å². The average Bonchev–Trinajstić information content (AvgIpc) is 3.08. The highest BCUT2D eigenvalue weighted by molar-refractivity contribution is 7.89. The molecule has 2 aromatic heterocycles. The van der Waals surface area contributed by atoms with Crippen LogP contribution in [0.2, 0.25) is 0 Å². The van der Waals surface area contributed by atoms with Crippen molar-refractivity contribution >= 4 is 10.0 Å². The Kier molecular flexibility index (Phi) is 5.10. The second-order valence-electron chi connectivity index (χ2n) is 4.63. The number of aryl methyl sites for hydroxylation is 1. The first-order valence-electron chi connectivity index (χ1n) is 6.79. The Morgan fingerprint density at radius 3 is 2.81 bits per heavy atom. The molecule has 0 aromatic carbocycles. The first-order chi connectivity index (χ1) is 10.1. The van der Waals surface area contributed by atoms with Gasteiger partial charge in [0.15, 0.2) is 0 Å². The van der Waals surface area contributed by atoms with Gasteiger partial charge in [0.1, 0.15) is 0 Å². The van der Waals surface area contributed by atoms with Gasteiger partial charge in [-0.05, 0) is 12.5 Å². The Morgan fingerprint density at radius 2 is 2.19 bits per heavy atom. The summed E-state index contributed by atoms with van der Waals surface area (Å²) in [5.74, 6) is 0. The molecule has 0 aliphatic carbocycles. The van der Waals surface area contributed by atoms with E-state index in [-0.39, 0.29) is 11.4 Å². The number of sulfonamides is 1. The molecule has 0 spiro atoms. The van der Waals surface area contributed by atoms with Gasteiger partial charge in [-0.1, -0.05) is 12.1 Å². The third-order valence-corrected chi connectivity index (χ3v) is 4.48. The molecule has 0 atom stereocenters. The van der Waals surface area contributed by atoms with E-state index in [0.717, 1.165) is 18.7 Å². The van der Waals surface area contributed by atoms with E-state index in [1.165, 1.54) is 0 Å². The van der Waals surface area contributed by atoms with E-state index < -0.39 is 10.0 Å². The fourth-order valence-electron chi connectivity index (χ4n) is 2.02. The molecule has 0 fully saturated rings. The smallest absolute Gasteiger partial charge is 0.242 e. The zero-order valence-corrected chi connectivity index (χ0v) is 12.8. The van der Waals surface area contributed by atoms with Gasteiger partial charge < -0.3 is 10.3 Å². The predicted molar refractivity (Wildman–Crippen MR) is 77.8 cm³/mol. The summed E-state index contributed by atoms with van der Waals surface area (Å²) < 4.78 is 30.5. The van der Waals surface area contributed by atoms with Gasteiger partial charge >= 0.3 is 0 Å². The van der Waals surface area contributed by atoms with Gasteiger partial charge in [-0.2, -0.15) is 0 Å². The summed E-state index contributed by atoms with van der Waals surface area (Å²) in [7, 11) is -3.53. The molecule has 21 heavy (non-hydrogen) atoms. The van der Waals surface area contributed by atoms with Crippen LogP contribution in [0, 0.1) is 0 Å². The molecule has 0 radical (unpaired) electrons. The maximum Gasteiger partial charge on any atom is 0.242 e. The quantitative estimate of drug-likeness (QED) is 0.709. The molecule has 2 rings (SSSR count). The highest BCUT2D eigenvalue weighted by Gasteiger charge is 2.17. The molecular weight excluding hydrogens is 292 g/mol. The molecule has 2 heterocycles. The number of nitrogens with two attached hydrogens (primary N) is 1. The zero-order chi connectivity index (χ0) is 15.3. The molecule has 0 unspecified atom stereocenters. The summed E-state index contributed by atoms with van der Waals surface area (Å²) >= 11 is 0. The van der Waals surface area contributed by atoms with Crippen molar-refractivity contribution in [1.29, 1.82) is 0 Å². The second kappa shape index (κ2) is 6.83. The van der Waals surface area contributed by atoms with E-state index in [1.54, 1.807) is 29.3 Å². The average molecular weight is 312 g/mol. The van der Waals surface area contributed by atoms with Crippen LogP contribution in [0.25, 0.3) is 0 Å². The summed E-state index contributed by atoms with van der Waals surface area (Å²) in [6, 6.07) is 1.62. The monoisotopic (exact) mass is 312 g/mol. The molecule has 0 saturated carbocycles. The summed E-state index contributed by atoms with van der Waals surface area (Å²) in [5.41, 5.74) is 6.46. The van der Waals surface area contributed by atoms with Crippen molar-refractivity contribution in [1.82, 2.24) is 24.3 Å². The molecule has 116 valence electrons. The molecular formula is C12H20N6O2S. The second-order valence-corrected chi connectivity index (χ2v) is 6.40. The number of hydrogen-bond donors (Lipinski definition) is 2. The SMILES string of the molecule is CCCn1cc(S(=O)(=O)NCCn2ccnn2)cc1CN. The van der Waals surface area contributed by atoms with E-state index in [9.17, 15) is 8.42 Å². The summed E-state index contributed by atoms with van der Waals surface area (Å²) in [5, 5.41) is 7.44. The van der Waals surface area contributed by atoms with E-state index in [1.807, 2.05) is 11.5 Å². The molecule has 2 aromatic rings. The lowest BCUT2D eigenvalue weighted by Gasteiger charge is -2.05. The third kappa shape index (κ3) is 3.90. The lowest BCUT2D eigenvalue weighted by Crippen LogP contribution is -2.27. The van der Waals surface area contributed by atoms with Gasteiger partial charge in [-0.3, -0.25) is 4.68 Å². The Morgan fingerprint density at radius 1 is 1.38 bits per heavy atom. The lowest BCUT2D eigenvalue weighted by molar-refractivity contribution is 0.552. The normalized spacial score (nSPS) is 11.9. The van der Waals surface area contributed by atoms with E-state index in [2.05, 4.69) is 15.0 Å². The van der Waals surface area contributed by atoms with Gasteiger partial charge in [-0.25, -0.2) is 13.1 Å². The van der Waals surface area contributed by atoms with Crippen molar-refractivity contribution < 1.29 is 8.42 Å². The van der Waals surface area contributed by atoms with Gasteiger partial charge in [0.05, 0.1) is 17.6 Å². The number of rotatable bonds is 8. The molecule has 0 saturated heterocycles. The van der Waals surface area contributed by atoms with Crippen molar-refractivity contribution in [3.63, 3.8) is 0 Å². The van der Waals surface area contributed by atoms with Crippen LogP contribution in [0.15, 0.2) is 29.6 Å². The standard InChI is InChI=1S/C12H20N6O2S/c1-2-5-17-10-12(8-11(17)9-13)21(19,20)15-4-7-18-6-3-14-16-18/h3,6,8,10,15H,2,4-5,7,9,13H2,1H3. The van der Waals surface area contributed by atoms with Crippen LogP contribution < -0.4 is 10.5 Å². The maximum atomic E-state index is 12.2. The van der Waals surface area contributed by atoms with Crippen LogP contribution in [0.4, 0.5) is 0 Å². The topological polar surface area (TPSA) is 108 Å². The van der Waals surface area contributed by atoms with Crippen molar-refractivity contribution in [3.8, 4) is 0 Å². The molecule has 8 nitrogen and oxygen atoms in total. The van der Waals surface area contributed by atoms with Crippen LogP contribution in [0.1, 0.15) is 19.0 Å². The maximum absolute atomic E-state index is 12.2. The Hall–Kier alpha value is -1.71. The van der Waals surface area contributed by atoms with Gasteiger partial charge in [0.25, 0.3) is 0 Å².